The quantitative estimate of drug-likeness (QED) is 0.690. The van der Waals surface area contributed by atoms with E-state index in [0.29, 0.717) is 17.5 Å². The molecule has 0 spiro atoms. The summed E-state index contributed by atoms with van der Waals surface area (Å²) in [6.45, 7) is 2.02. The SMILES string of the molecule is Cc1ccc(C2=NN(C(=O)c3ccncc3)[C@@H](c3ccccc3F)C2)cc1. The smallest absolute Gasteiger partial charge is 0.267 e. The Hall–Kier alpha value is -3.34. The summed E-state index contributed by atoms with van der Waals surface area (Å²) in [5.74, 6) is -0.608. The molecule has 0 saturated heterocycles. The molecule has 0 aliphatic carbocycles. The molecule has 3 aromatic rings. The molecule has 1 aliphatic heterocycles. The Morgan fingerprint density at radius 2 is 1.74 bits per heavy atom. The predicted octanol–water partition coefficient (Wildman–Crippen LogP) is 4.52. The van der Waals surface area contributed by atoms with Crippen LogP contribution in [0.1, 0.15) is 39.5 Å². The predicted molar refractivity (Wildman–Crippen MR) is 102 cm³/mol. The van der Waals surface area contributed by atoms with Gasteiger partial charge in [-0.1, -0.05) is 48.0 Å². The third kappa shape index (κ3) is 3.36. The highest BCUT2D eigenvalue weighted by molar-refractivity contribution is 6.05. The topological polar surface area (TPSA) is 45.6 Å². The van der Waals surface area contributed by atoms with Gasteiger partial charge in [-0.15, -0.1) is 0 Å². The molecule has 1 aliphatic rings. The van der Waals surface area contributed by atoms with Crippen molar-refractivity contribution in [3.05, 3.63) is 101 Å². The van der Waals surface area contributed by atoms with E-state index in [0.717, 1.165) is 16.8 Å². The fourth-order valence-electron chi connectivity index (χ4n) is 3.23. The van der Waals surface area contributed by atoms with Gasteiger partial charge >= 0.3 is 0 Å². The maximum atomic E-state index is 14.5. The second-order valence-corrected chi connectivity index (χ2v) is 6.54. The highest BCUT2D eigenvalue weighted by Crippen LogP contribution is 2.35. The van der Waals surface area contributed by atoms with E-state index in [4.69, 9.17) is 0 Å². The van der Waals surface area contributed by atoms with Gasteiger partial charge in [-0.2, -0.15) is 5.10 Å². The van der Waals surface area contributed by atoms with Crippen molar-refractivity contribution in [3.8, 4) is 0 Å². The Balaban J connectivity index is 1.75. The molecule has 5 heteroatoms. The first-order valence-electron chi connectivity index (χ1n) is 8.76. The Morgan fingerprint density at radius 1 is 1.04 bits per heavy atom. The molecule has 1 amide bonds. The number of aromatic nitrogens is 1. The first-order valence-corrected chi connectivity index (χ1v) is 8.76. The fraction of sp³-hybridized carbons (Fsp3) is 0.136. The summed E-state index contributed by atoms with van der Waals surface area (Å²) in [5, 5.41) is 5.97. The van der Waals surface area contributed by atoms with Crippen LogP contribution in [0.3, 0.4) is 0 Å². The summed E-state index contributed by atoms with van der Waals surface area (Å²) in [7, 11) is 0. The maximum Gasteiger partial charge on any atom is 0.274 e. The lowest BCUT2D eigenvalue weighted by Crippen LogP contribution is -2.27. The highest BCUT2D eigenvalue weighted by atomic mass is 19.1. The van der Waals surface area contributed by atoms with Crippen LogP contribution in [0.25, 0.3) is 0 Å². The van der Waals surface area contributed by atoms with Gasteiger partial charge in [-0.05, 0) is 30.7 Å². The number of carbonyl (C=O) groups excluding carboxylic acids is 1. The molecule has 134 valence electrons. The Bertz CT molecular complexity index is 1000. The monoisotopic (exact) mass is 359 g/mol. The van der Waals surface area contributed by atoms with Gasteiger partial charge in [0, 0.05) is 29.9 Å². The molecule has 4 rings (SSSR count). The number of hydrazone groups is 1. The molecule has 0 unspecified atom stereocenters. The minimum atomic E-state index is -0.483. The number of amides is 1. The van der Waals surface area contributed by atoms with Gasteiger partial charge in [0.1, 0.15) is 5.82 Å². The summed E-state index contributed by atoms with van der Waals surface area (Å²) in [6, 6.07) is 17.3. The van der Waals surface area contributed by atoms with Crippen LogP contribution >= 0.6 is 0 Å². The number of pyridine rings is 1. The van der Waals surface area contributed by atoms with Gasteiger partial charge in [0.05, 0.1) is 11.8 Å². The van der Waals surface area contributed by atoms with E-state index in [-0.39, 0.29) is 11.7 Å². The Kier molecular flexibility index (Phi) is 4.50. The van der Waals surface area contributed by atoms with Crippen LogP contribution in [0.2, 0.25) is 0 Å². The van der Waals surface area contributed by atoms with Gasteiger partial charge in [-0.25, -0.2) is 9.40 Å². The van der Waals surface area contributed by atoms with Crippen molar-refractivity contribution in [2.45, 2.75) is 19.4 Å². The minimum absolute atomic E-state index is 0.271. The Morgan fingerprint density at radius 3 is 2.44 bits per heavy atom. The molecule has 0 saturated carbocycles. The van der Waals surface area contributed by atoms with Crippen molar-refractivity contribution >= 4 is 11.6 Å². The third-order valence-electron chi connectivity index (χ3n) is 4.69. The second kappa shape index (κ2) is 7.11. The molecule has 27 heavy (non-hydrogen) atoms. The lowest BCUT2D eigenvalue weighted by molar-refractivity contribution is 0.0708. The van der Waals surface area contributed by atoms with E-state index in [9.17, 15) is 9.18 Å². The van der Waals surface area contributed by atoms with Crippen molar-refractivity contribution in [1.29, 1.82) is 0 Å². The Labute approximate surface area is 157 Å². The summed E-state index contributed by atoms with van der Waals surface area (Å²) in [6.07, 6.45) is 3.58. The normalized spacial score (nSPS) is 16.3. The van der Waals surface area contributed by atoms with Crippen LogP contribution in [-0.2, 0) is 0 Å². The maximum absolute atomic E-state index is 14.5. The summed E-state index contributed by atoms with van der Waals surface area (Å²) in [5.41, 5.74) is 3.79. The van der Waals surface area contributed by atoms with Crippen molar-refractivity contribution in [3.63, 3.8) is 0 Å². The zero-order valence-corrected chi connectivity index (χ0v) is 14.8. The van der Waals surface area contributed by atoms with Gasteiger partial charge in [0.15, 0.2) is 0 Å². The van der Waals surface area contributed by atoms with E-state index >= 15 is 0 Å². The van der Waals surface area contributed by atoms with Gasteiger partial charge in [0.2, 0.25) is 0 Å². The number of carbonyl (C=O) groups is 1. The molecule has 4 nitrogen and oxygen atoms in total. The summed E-state index contributed by atoms with van der Waals surface area (Å²) < 4.78 is 14.5. The first kappa shape index (κ1) is 17.1. The van der Waals surface area contributed by atoms with E-state index < -0.39 is 6.04 Å². The molecule has 0 N–H and O–H groups in total. The lowest BCUT2D eigenvalue weighted by atomic mass is 9.97. The largest absolute Gasteiger partial charge is 0.274 e. The average molecular weight is 359 g/mol. The minimum Gasteiger partial charge on any atom is -0.267 e. The number of benzene rings is 2. The molecule has 1 aromatic heterocycles. The number of nitrogens with zero attached hydrogens (tertiary/aromatic N) is 3. The number of halogens is 1. The van der Waals surface area contributed by atoms with Crippen LogP contribution in [-0.4, -0.2) is 21.6 Å². The van der Waals surface area contributed by atoms with Crippen molar-refractivity contribution in [2.24, 2.45) is 5.10 Å². The molecular weight excluding hydrogens is 341 g/mol. The molecule has 1 atom stereocenters. The second-order valence-electron chi connectivity index (χ2n) is 6.54. The van der Waals surface area contributed by atoms with E-state index in [1.165, 1.54) is 11.1 Å². The van der Waals surface area contributed by atoms with Gasteiger partial charge < -0.3 is 0 Å². The number of rotatable bonds is 3. The highest BCUT2D eigenvalue weighted by Gasteiger charge is 2.35. The lowest BCUT2D eigenvalue weighted by Gasteiger charge is -2.22. The number of hydrogen-bond acceptors (Lipinski definition) is 3. The van der Waals surface area contributed by atoms with E-state index in [2.05, 4.69) is 10.1 Å². The summed E-state index contributed by atoms with van der Waals surface area (Å²) in [4.78, 5) is 17.0. The molecule has 0 fully saturated rings. The van der Waals surface area contributed by atoms with Gasteiger partial charge in [0.25, 0.3) is 5.91 Å². The van der Waals surface area contributed by atoms with Crippen LogP contribution in [0, 0.1) is 12.7 Å². The van der Waals surface area contributed by atoms with Crippen molar-refractivity contribution in [1.82, 2.24) is 9.99 Å². The van der Waals surface area contributed by atoms with Crippen LogP contribution in [0.5, 0.6) is 0 Å². The number of hydrogen-bond donors (Lipinski definition) is 0. The summed E-state index contributed by atoms with van der Waals surface area (Å²) >= 11 is 0. The molecule has 2 aromatic carbocycles. The van der Waals surface area contributed by atoms with Crippen LogP contribution < -0.4 is 0 Å². The molecule has 0 radical (unpaired) electrons. The van der Waals surface area contributed by atoms with Crippen LogP contribution in [0.15, 0.2) is 78.2 Å². The molecular formula is C22H18FN3O. The van der Waals surface area contributed by atoms with E-state index in [1.807, 2.05) is 31.2 Å². The molecule has 2 heterocycles. The van der Waals surface area contributed by atoms with Crippen molar-refractivity contribution < 1.29 is 9.18 Å². The standard InChI is InChI=1S/C22H18FN3O/c1-15-6-8-16(9-7-15)20-14-21(18-4-2-3-5-19(18)23)26(25-20)22(27)17-10-12-24-13-11-17/h2-13,21H,14H2,1H3/t21-/m1/s1. The molecule has 0 bridgehead atoms. The van der Waals surface area contributed by atoms with E-state index in [1.54, 1.807) is 42.7 Å². The van der Waals surface area contributed by atoms with Gasteiger partial charge in [-0.3, -0.25) is 9.78 Å². The zero-order chi connectivity index (χ0) is 18.8. The average Bonchev–Trinajstić information content (AvgIpc) is 3.14. The first-order chi connectivity index (χ1) is 13.1. The third-order valence-corrected chi connectivity index (χ3v) is 4.69. The fourth-order valence-corrected chi connectivity index (χ4v) is 3.23. The van der Waals surface area contributed by atoms with Crippen LogP contribution in [0.4, 0.5) is 4.39 Å². The number of aryl methyl sites for hydroxylation is 1. The zero-order valence-electron chi connectivity index (χ0n) is 14.8. The van der Waals surface area contributed by atoms with Crippen molar-refractivity contribution in [2.75, 3.05) is 0 Å².